The number of hydrogen-bond acceptors (Lipinski definition) is 3. The van der Waals surface area contributed by atoms with Gasteiger partial charge in [-0.25, -0.2) is 4.79 Å². The van der Waals surface area contributed by atoms with E-state index in [9.17, 15) is 14.4 Å². The van der Waals surface area contributed by atoms with E-state index < -0.39 is 22.9 Å². The van der Waals surface area contributed by atoms with Crippen molar-refractivity contribution >= 4 is 17.8 Å². The highest BCUT2D eigenvalue weighted by Gasteiger charge is 2.57. The number of imide groups is 2. The molecular formula is C16H26N2O3. The molecule has 0 aromatic rings. The van der Waals surface area contributed by atoms with Gasteiger partial charge in [0.15, 0.2) is 0 Å². The number of barbiturate groups is 1. The first-order chi connectivity index (χ1) is 9.50. The summed E-state index contributed by atoms with van der Waals surface area (Å²) in [5.41, 5.74) is -1.65. The van der Waals surface area contributed by atoms with E-state index in [4.69, 9.17) is 0 Å². The van der Waals surface area contributed by atoms with Gasteiger partial charge in [-0.3, -0.25) is 19.8 Å². The number of nitrogens with zero attached hydrogens (tertiary/aromatic N) is 1. The molecule has 118 valence electrons. The van der Waals surface area contributed by atoms with Gasteiger partial charge >= 0.3 is 6.03 Å². The van der Waals surface area contributed by atoms with Crippen LogP contribution in [-0.2, 0) is 9.59 Å². The maximum absolute atomic E-state index is 12.9. The standard InChI is InChI=1S/C16H26N2O3/c1-14(2,3)10-15(4,5)18-12(20)16(8-6-7-9-16)11(19)17-13(18)21/h6-10H2,1-5H3,(H,17,19,21). The Balaban J connectivity index is 2.36. The predicted molar refractivity (Wildman–Crippen MR) is 79.4 cm³/mol. The van der Waals surface area contributed by atoms with Crippen LogP contribution >= 0.6 is 0 Å². The Morgan fingerprint density at radius 1 is 1.05 bits per heavy atom. The van der Waals surface area contributed by atoms with Crippen molar-refractivity contribution in [2.24, 2.45) is 10.8 Å². The van der Waals surface area contributed by atoms with Gasteiger partial charge in [-0.2, -0.15) is 0 Å². The van der Waals surface area contributed by atoms with Crippen LogP contribution in [0, 0.1) is 10.8 Å². The zero-order chi connectivity index (χ0) is 16.1. The Morgan fingerprint density at radius 3 is 2.05 bits per heavy atom. The average molecular weight is 294 g/mol. The highest BCUT2D eigenvalue weighted by molar-refractivity contribution is 6.19. The molecule has 1 spiro atoms. The molecule has 0 radical (unpaired) electrons. The minimum atomic E-state index is -1.01. The zero-order valence-electron chi connectivity index (χ0n) is 13.7. The summed E-state index contributed by atoms with van der Waals surface area (Å²) in [5, 5.41) is 2.41. The van der Waals surface area contributed by atoms with Crippen LogP contribution in [-0.4, -0.2) is 28.3 Å². The summed E-state index contributed by atoms with van der Waals surface area (Å²) in [7, 11) is 0. The third-order valence-electron chi connectivity index (χ3n) is 4.50. The Kier molecular flexibility index (Phi) is 3.67. The number of carbonyl (C=O) groups is 3. The van der Waals surface area contributed by atoms with Gasteiger partial charge in [-0.15, -0.1) is 0 Å². The minimum Gasteiger partial charge on any atom is -0.277 e. The third-order valence-corrected chi connectivity index (χ3v) is 4.50. The summed E-state index contributed by atoms with van der Waals surface area (Å²) < 4.78 is 0. The first-order valence-corrected chi connectivity index (χ1v) is 7.70. The molecule has 1 aliphatic heterocycles. The summed E-state index contributed by atoms with van der Waals surface area (Å²) in [5.74, 6) is -0.708. The van der Waals surface area contributed by atoms with Gasteiger partial charge in [-0.05, 0) is 38.5 Å². The van der Waals surface area contributed by atoms with Crippen LogP contribution in [0.25, 0.3) is 0 Å². The fraction of sp³-hybridized carbons (Fsp3) is 0.812. The number of amides is 4. The SMILES string of the molecule is CC(C)(C)CC(C)(C)N1C(=O)NC(=O)C2(CCCC2)C1=O. The number of urea groups is 1. The topological polar surface area (TPSA) is 66.5 Å². The molecule has 1 N–H and O–H groups in total. The number of nitrogens with one attached hydrogen (secondary N) is 1. The lowest BCUT2D eigenvalue weighted by molar-refractivity contribution is -0.155. The molecule has 0 aromatic carbocycles. The van der Waals surface area contributed by atoms with E-state index in [1.807, 2.05) is 13.8 Å². The molecule has 5 nitrogen and oxygen atoms in total. The van der Waals surface area contributed by atoms with Crippen molar-refractivity contribution in [3.05, 3.63) is 0 Å². The van der Waals surface area contributed by atoms with E-state index in [-0.39, 0.29) is 11.3 Å². The van der Waals surface area contributed by atoms with Crippen molar-refractivity contribution in [1.29, 1.82) is 0 Å². The number of rotatable bonds is 2. The van der Waals surface area contributed by atoms with Gasteiger partial charge in [0, 0.05) is 5.54 Å². The van der Waals surface area contributed by atoms with E-state index in [0.717, 1.165) is 12.8 Å². The lowest BCUT2D eigenvalue weighted by Crippen LogP contribution is -2.68. The molecule has 1 heterocycles. The molecule has 1 saturated heterocycles. The van der Waals surface area contributed by atoms with Crippen LogP contribution in [0.4, 0.5) is 4.79 Å². The normalized spacial score (nSPS) is 22.9. The largest absolute Gasteiger partial charge is 0.331 e. The molecule has 0 unspecified atom stereocenters. The molecule has 21 heavy (non-hydrogen) atoms. The molecule has 5 heteroatoms. The molecule has 1 saturated carbocycles. The average Bonchev–Trinajstić information content (AvgIpc) is 2.72. The van der Waals surface area contributed by atoms with Crippen LogP contribution in [0.15, 0.2) is 0 Å². The molecule has 0 atom stereocenters. The van der Waals surface area contributed by atoms with E-state index in [2.05, 4.69) is 26.1 Å². The minimum absolute atomic E-state index is 0.0195. The Morgan fingerprint density at radius 2 is 1.57 bits per heavy atom. The molecule has 4 amide bonds. The third kappa shape index (κ3) is 2.70. The van der Waals surface area contributed by atoms with Crippen LogP contribution in [0.5, 0.6) is 0 Å². The molecule has 0 bridgehead atoms. The fourth-order valence-corrected chi connectivity index (χ4v) is 4.02. The highest BCUT2D eigenvalue weighted by Crippen LogP contribution is 2.44. The van der Waals surface area contributed by atoms with Crippen molar-refractivity contribution in [3.63, 3.8) is 0 Å². The van der Waals surface area contributed by atoms with E-state index >= 15 is 0 Å². The van der Waals surface area contributed by atoms with E-state index in [1.54, 1.807) is 0 Å². The van der Waals surface area contributed by atoms with Crippen LogP contribution < -0.4 is 5.32 Å². The second-order valence-corrected chi connectivity index (χ2v) is 8.24. The quantitative estimate of drug-likeness (QED) is 0.796. The van der Waals surface area contributed by atoms with Gasteiger partial charge in [-0.1, -0.05) is 33.6 Å². The number of hydrogen-bond donors (Lipinski definition) is 1. The van der Waals surface area contributed by atoms with Crippen molar-refractivity contribution in [3.8, 4) is 0 Å². The molecular weight excluding hydrogens is 268 g/mol. The van der Waals surface area contributed by atoms with Crippen molar-refractivity contribution < 1.29 is 14.4 Å². The van der Waals surface area contributed by atoms with Crippen molar-refractivity contribution in [1.82, 2.24) is 10.2 Å². The van der Waals surface area contributed by atoms with Crippen LogP contribution in [0.3, 0.4) is 0 Å². The monoisotopic (exact) mass is 294 g/mol. The van der Waals surface area contributed by atoms with Gasteiger partial charge in [0.1, 0.15) is 5.41 Å². The summed E-state index contributed by atoms with van der Waals surface area (Å²) in [6, 6.07) is -0.572. The Labute approximate surface area is 126 Å². The second-order valence-electron chi connectivity index (χ2n) is 8.24. The van der Waals surface area contributed by atoms with Gasteiger partial charge in [0.2, 0.25) is 11.8 Å². The first-order valence-electron chi connectivity index (χ1n) is 7.70. The highest BCUT2D eigenvalue weighted by atomic mass is 16.2. The lowest BCUT2D eigenvalue weighted by Gasteiger charge is -2.46. The summed E-state index contributed by atoms with van der Waals surface area (Å²) in [6.07, 6.45) is 3.51. The van der Waals surface area contributed by atoms with Gasteiger partial charge < -0.3 is 0 Å². The van der Waals surface area contributed by atoms with E-state index in [1.165, 1.54) is 4.90 Å². The Bertz CT molecular complexity index is 482. The number of carbonyl (C=O) groups excluding carboxylic acids is 3. The zero-order valence-corrected chi connectivity index (χ0v) is 13.7. The van der Waals surface area contributed by atoms with Crippen LogP contribution in [0.2, 0.25) is 0 Å². The molecule has 1 aliphatic carbocycles. The van der Waals surface area contributed by atoms with Gasteiger partial charge in [0.25, 0.3) is 0 Å². The maximum Gasteiger partial charge on any atom is 0.331 e. The smallest absolute Gasteiger partial charge is 0.277 e. The lowest BCUT2D eigenvalue weighted by atomic mass is 9.77. The fourth-order valence-electron chi connectivity index (χ4n) is 4.02. The summed E-state index contributed by atoms with van der Waals surface area (Å²) in [4.78, 5) is 38.7. The van der Waals surface area contributed by atoms with Crippen LogP contribution in [0.1, 0.15) is 66.7 Å². The van der Waals surface area contributed by atoms with Crippen molar-refractivity contribution in [2.45, 2.75) is 72.3 Å². The van der Waals surface area contributed by atoms with Crippen molar-refractivity contribution in [2.75, 3.05) is 0 Å². The molecule has 2 fully saturated rings. The summed E-state index contributed by atoms with van der Waals surface area (Å²) in [6.45, 7) is 10.0. The summed E-state index contributed by atoms with van der Waals surface area (Å²) >= 11 is 0. The molecule has 0 aromatic heterocycles. The molecule has 2 rings (SSSR count). The molecule has 2 aliphatic rings. The first kappa shape index (κ1) is 16.0. The maximum atomic E-state index is 12.9. The van der Waals surface area contributed by atoms with E-state index in [0.29, 0.717) is 19.3 Å². The van der Waals surface area contributed by atoms with Gasteiger partial charge in [0.05, 0.1) is 0 Å². The second kappa shape index (κ2) is 4.82. The Hall–Kier alpha value is -1.39. The predicted octanol–water partition coefficient (Wildman–Crippen LogP) is 2.84.